The van der Waals surface area contributed by atoms with Crippen molar-refractivity contribution in [1.82, 2.24) is 0 Å². The van der Waals surface area contributed by atoms with Gasteiger partial charge in [-0.15, -0.1) is 0 Å². The molecule has 5 nitrogen and oxygen atoms in total. The molecule has 0 atom stereocenters. The van der Waals surface area contributed by atoms with E-state index in [1.165, 1.54) is 0 Å². The standard InChI is InChI=1S/C14H19N3O2/c1-3-14(18)17-11-6-7-13(19-4-2)12(10-11)16-9-5-8-15/h6-7,10,16H,3-5,9H2,1-2H3,(H,17,18). The van der Waals surface area contributed by atoms with E-state index in [1.807, 2.05) is 19.1 Å². The van der Waals surface area contributed by atoms with Crippen LogP contribution in [-0.4, -0.2) is 19.1 Å². The Kier molecular flexibility index (Phi) is 6.23. The molecule has 0 radical (unpaired) electrons. The van der Waals surface area contributed by atoms with Crippen molar-refractivity contribution in [3.05, 3.63) is 18.2 Å². The lowest BCUT2D eigenvalue weighted by molar-refractivity contribution is -0.115. The Balaban J connectivity index is 2.84. The maximum absolute atomic E-state index is 11.4. The topological polar surface area (TPSA) is 74.2 Å². The third-order valence-corrected chi connectivity index (χ3v) is 2.44. The Labute approximate surface area is 113 Å². The molecule has 5 heteroatoms. The fraction of sp³-hybridized carbons (Fsp3) is 0.429. The third-order valence-electron chi connectivity index (χ3n) is 2.44. The molecule has 1 aromatic rings. The maximum atomic E-state index is 11.4. The second-order valence-electron chi connectivity index (χ2n) is 3.88. The van der Waals surface area contributed by atoms with Crippen LogP contribution < -0.4 is 15.4 Å². The highest BCUT2D eigenvalue weighted by molar-refractivity contribution is 5.91. The molecule has 0 aliphatic carbocycles. The molecular weight excluding hydrogens is 242 g/mol. The summed E-state index contributed by atoms with van der Waals surface area (Å²) in [6, 6.07) is 7.50. The van der Waals surface area contributed by atoms with Crippen LogP contribution in [0.2, 0.25) is 0 Å². The van der Waals surface area contributed by atoms with Crippen LogP contribution in [0.1, 0.15) is 26.7 Å². The third kappa shape index (κ3) is 4.88. The first-order chi connectivity index (χ1) is 9.21. The quantitative estimate of drug-likeness (QED) is 0.740. The number of carbonyl (C=O) groups excluding carboxylic acids is 1. The van der Waals surface area contributed by atoms with E-state index in [4.69, 9.17) is 10.00 Å². The number of nitrogens with zero attached hydrogens (tertiary/aromatic N) is 1. The predicted octanol–water partition coefficient (Wildman–Crippen LogP) is 2.76. The monoisotopic (exact) mass is 261 g/mol. The van der Waals surface area contributed by atoms with Gasteiger partial charge in [-0.3, -0.25) is 4.79 Å². The van der Waals surface area contributed by atoms with Gasteiger partial charge in [0, 0.05) is 18.7 Å². The van der Waals surface area contributed by atoms with Crippen LogP contribution in [0, 0.1) is 11.3 Å². The van der Waals surface area contributed by atoms with Crippen LogP contribution >= 0.6 is 0 Å². The average Bonchev–Trinajstić information content (AvgIpc) is 2.42. The van der Waals surface area contributed by atoms with E-state index >= 15 is 0 Å². The normalized spacial score (nSPS) is 9.53. The number of ether oxygens (including phenoxy) is 1. The lowest BCUT2D eigenvalue weighted by atomic mass is 10.2. The van der Waals surface area contributed by atoms with Gasteiger partial charge in [-0.05, 0) is 25.1 Å². The Morgan fingerprint density at radius 3 is 2.84 bits per heavy atom. The first-order valence-electron chi connectivity index (χ1n) is 6.38. The first kappa shape index (κ1) is 14.8. The van der Waals surface area contributed by atoms with Crippen molar-refractivity contribution in [1.29, 1.82) is 5.26 Å². The molecule has 0 fully saturated rings. The summed E-state index contributed by atoms with van der Waals surface area (Å²) < 4.78 is 5.50. The lowest BCUT2D eigenvalue weighted by Crippen LogP contribution is -2.10. The van der Waals surface area contributed by atoms with Crippen molar-refractivity contribution in [2.45, 2.75) is 26.7 Å². The highest BCUT2D eigenvalue weighted by Crippen LogP contribution is 2.28. The molecule has 0 aliphatic heterocycles. The molecule has 0 saturated carbocycles. The Morgan fingerprint density at radius 1 is 1.42 bits per heavy atom. The summed E-state index contributed by atoms with van der Waals surface area (Å²) in [4.78, 5) is 11.4. The summed E-state index contributed by atoms with van der Waals surface area (Å²) >= 11 is 0. The minimum absolute atomic E-state index is 0.0351. The fourth-order valence-corrected chi connectivity index (χ4v) is 1.53. The molecule has 102 valence electrons. The fourth-order valence-electron chi connectivity index (χ4n) is 1.53. The van der Waals surface area contributed by atoms with Crippen molar-refractivity contribution in [2.24, 2.45) is 0 Å². The van der Waals surface area contributed by atoms with E-state index in [-0.39, 0.29) is 5.91 Å². The van der Waals surface area contributed by atoms with Gasteiger partial charge in [-0.2, -0.15) is 5.26 Å². The molecule has 0 spiro atoms. The Morgan fingerprint density at radius 2 is 2.21 bits per heavy atom. The number of rotatable bonds is 7. The predicted molar refractivity (Wildman–Crippen MR) is 75.3 cm³/mol. The molecule has 0 heterocycles. The molecule has 0 bridgehead atoms. The van der Waals surface area contributed by atoms with Crippen LogP contribution in [-0.2, 0) is 4.79 Å². The molecule has 19 heavy (non-hydrogen) atoms. The number of anilines is 2. The van der Waals surface area contributed by atoms with E-state index in [0.717, 1.165) is 17.1 Å². The van der Waals surface area contributed by atoms with E-state index in [1.54, 1.807) is 13.0 Å². The van der Waals surface area contributed by atoms with E-state index in [0.29, 0.717) is 26.0 Å². The molecule has 1 aromatic carbocycles. The minimum atomic E-state index is -0.0351. The van der Waals surface area contributed by atoms with Crippen molar-refractivity contribution in [3.8, 4) is 11.8 Å². The molecule has 1 rings (SSSR count). The number of hydrogen-bond donors (Lipinski definition) is 2. The summed E-state index contributed by atoms with van der Waals surface area (Å²) in [5.74, 6) is 0.682. The van der Waals surface area contributed by atoms with Gasteiger partial charge in [-0.1, -0.05) is 6.92 Å². The van der Waals surface area contributed by atoms with Gasteiger partial charge in [0.15, 0.2) is 0 Å². The molecule has 0 saturated heterocycles. The summed E-state index contributed by atoms with van der Waals surface area (Å²) in [7, 11) is 0. The van der Waals surface area contributed by atoms with Crippen LogP contribution in [0.15, 0.2) is 18.2 Å². The van der Waals surface area contributed by atoms with Gasteiger partial charge in [-0.25, -0.2) is 0 Å². The molecule has 0 aromatic heterocycles. The highest BCUT2D eigenvalue weighted by Gasteiger charge is 2.06. The summed E-state index contributed by atoms with van der Waals surface area (Å²) in [6.45, 7) is 4.82. The van der Waals surface area contributed by atoms with Gasteiger partial charge < -0.3 is 15.4 Å². The zero-order chi connectivity index (χ0) is 14.1. The lowest BCUT2D eigenvalue weighted by Gasteiger charge is -2.13. The van der Waals surface area contributed by atoms with Gasteiger partial charge in [0.2, 0.25) is 5.91 Å². The average molecular weight is 261 g/mol. The van der Waals surface area contributed by atoms with Crippen molar-refractivity contribution in [2.75, 3.05) is 23.8 Å². The molecular formula is C14H19N3O2. The highest BCUT2D eigenvalue weighted by atomic mass is 16.5. The van der Waals surface area contributed by atoms with Crippen molar-refractivity contribution in [3.63, 3.8) is 0 Å². The second kappa shape index (κ2) is 7.98. The number of carbonyl (C=O) groups is 1. The number of nitrogens with one attached hydrogen (secondary N) is 2. The zero-order valence-electron chi connectivity index (χ0n) is 11.3. The van der Waals surface area contributed by atoms with Crippen LogP contribution in [0.3, 0.4) is 0 Å². The summed E-state index contributed by atoms with van der Waals surface area (Å²) in [5.41, 5.74) is 1.50. The Hall–Kier alpha value is -2.22. The van der Waals surface area contributed by atoms with E-state index in [2.05, 4.69) is 16.7 Å². The second-order valence-corrected chi connectivity index (χ2v) is 3.88. The summed E-state index contributed by atoms with van der Waals surface area (Å²) in [6.07, 6.45) is 0.849. The number of nitriles is 1. The number of benzene rings is 1. The van der Waals surface area contributed by atoms with Crippen molar-refractivity contribution >= 4 is 17.3 Å². The Bertz CT molecular complexity index is 466. The molecule has 0 aliphatic rings. The first-order valence-corrected chi connectivity index (χ1v) is 6.38. The smallest absolute Gasteiger partial charge is 0.224 e. The van der Waals surface area contributed by atoms with E-state index < -0.39 is 0 Å². The van der Waals surface area contributed by atoms with Gasteiger partial charge >= 0.3 is 0 Å². The van der Waals surface area contributed by atoms with Crippen LogP contribution in [0.4, 0.5) is 11.4 Å². The van der Waals surface area contributed by atoms with Crippen LogP contribution in [0.5, 0.6) is 5.75 Å². The van der Waals surface area contributed by atoms with Gasteiger partial charge in [0.05, 0.1) is 24.8 Å². The van der Waals surface area contributed by atoms with Crippen molar-refractivity contribution < 1.29 is 9.53 Å². The van der Waals surface area contributed by atoms with E-state index in [9.17, 15) is 4.79 Å². The minimum Gasteiger partial charge on any atom is -0.492 e. The largest absolute Gasteiger partial charge is 0.492 e. The molecule has 0 unspecified atom stereocenters. The molecule has 1 amide bonds. The van der Waals surface area contributed by atoms with Crippen LogP contribution in [0.25, 0.3) is 0 Å². The zero-order valence-corrected chi connectivity index (χ0v) is 11.3. The summed E-state index contributed by atoms with van der Waals surface area (Å²) in [5, 5.41) is 14.5. The SMILES string of the molecule is CCOc1ccc(NC(=O)CC)cc1NCCC#N. The number of hydrogen-bond acceptors (Lipinski definition) is 4. The maximum Gasteiger partial charge on any atom is 0.224 e. The number of amides is 1. The molecule has 2 N–H and O–H groups in total. The van der Waals surface area contributed by atoms with Gasteiger partial charge in [0.1, 0.15) is 5.75 Å². The van der Waals surface area contributed by atoms with Gasteiger partial charge in [0.25, 0.3) is 0 Å².